The van der Waals surface area contributed by atoms with Crippen LogP contribution < -0.4 is 5.73 Å². The van der Waals surface area contributed by atoms with Crippen LogP contribution in [0.4, 0.5) is 5.69 Å². The molecule has 0 unspecified atom stereocenters. The number of aromatic nitrogens is 3. The molecule has 0 radical (unpaired) electrons. The van der Waals surface area contributed by atoms with Crippen LogP contribution in [0.15, 0.2) is 22.9 Å². The number of nitrogens with two attached hydrogens (primary N) is 1. The summed E-state index contributed by atoms with van der Waals surface area (Å²) in [7, 11) is 1.56. The van der Waals surface area contributed by atoms with Crippen molar-refractivity contribution < 1.29 is 9.26 Å². The van der Waals surface area contributed by atoms with Crippen molar-refractivity contribution in [2.45, 2.75) is 6.61 Å². The number of pyridine rings is 1. The van der Waals surface area contributed by atoms with Crippen molar-refractivity contribution in [1.82, 2.24) is 15.1 Å². The predicted octanol–water partition coefficient (Wildman–Crippen LogP) is 0.860. The molecule has 0 saturated carbocycles. The number of ether oxygens (including phenoxy) is 1. The smallest absolute Gasteiger partial charge is 0.278 e. The Morgan fingerprint density at radius 2 is 2.40 bits per heavy atom. The van der Waals surface area contributed by atoms with Crippen LogP contribution in [0, 0.1) is 0 Å². The molecule has 78 valence electrons. The zero-order valence-corrected chi connectivity index (χ0v) is 8.17. The molecule has 6 heteroatoms. The van der Waals surface area contributed by atoms with Crippen molar-refractivity contribution in [1.29, 1.82) is 0 Å². The van der Waals surface area contributed by atoms with Crippen molar-refractivity contribution in [3.8, 4) is 11.6 Å². The average molecular weight is 206 g/mol. The fourth-order valence-electron chi connectivity index (χ4n) is 1.13. The molecule has 2 aromatic heterocycles. The highest BCUT2D eigenvalue weighted by Gasteiger charge is 2.12. The van der Waals surface area contributed by atoms with Gasteiger partial charge in [-0.05, 0) is 12.1 Å². The van der Waals surface area contributed by atoms with Crippen LogP contribution in [0.3, 0.4) is 0 Å². The minimum absolute atomic E-state index is 0.302. The van der Waals surface area contributed by atoms with Crippen LogP contribution >= 0.6 is 0 Å². The molecule has 2 rings (SSSR count). The molecule has 0 saturated heterocycles. The Morgan fingerprint density at radius 1 is 1.53 bits per heavy atom. The zero-order chi connectivity index (χ0) is 10.7. The van der Waals surface area contributed by atoms with E-state index in [1.165, 1.54) is 0 Å². The van der Waals surface area contributed by atoms with Gasteiger partial charge in [0, 0.05) is 13.3 Å². The second kappa shape index (κ2) is 4.05. The molecule has 0 aliphatic carbocycles. The van der Waals surface area contributed by atoms with E-state index in [4.69, 9.17) is 15.0 Å². The fraction of sp³-hybridized carbons (Fsp3) is 0.222. The fourth-order valence-corrected chi connectivity index (χ4v) is 1.13. The topological polar surface area (TPSA) is 87.1 Å². The van der Waals surface area contributed by atoms with Crippen LogP contribution in [0.1, 0.15) is 5.82 Å². The summed E-state index contributed by atoms with van der Waals surface area (Å²) >= 11 is 0. The van der Waals surface area contributed by atoms with E-state index in [2.05, 4.69) is 15.1 Å². The van der Waals surface area contributed by atoms with Crippen molar-refractivity contribution in [3.63, 3.8) is 0 Å². The molecule has 0 amide bonds. The predicted molar refractivity (Wildman–Crippen MR) is 52.7 cm³/mol. The lowest BCUT2D eigenvalue weighted by Gasteiger charge is -1.96. The lowest BCUT2D eigenvalue weighted by Crippen LogP contribution is -1.93. The van der Waals surface area contributed by atoms with Gasteiger partial charge in [0.15, 0.2) is 11.5 Å². The molecule has 2 aromatic rings. The summed E-state index contributed by atoms with van der Waals surface area (Å²) in [5, 5.41) is 3.72. The number of methoxy groups -OCH3 is 1. The van der Waals surface area contributed by atoms with Gasteiger partial charge in [-0.25, -0.2) is 4.98 Å². The number of anilines is 1. The summed E-state index contributed by atoms with van der Waals surface area (Å²) in [5.41, 5.74) is 6.71. The standard InChI is InChI=1S/C9H10N4O2/c1-14-5-7-12-9(15-13-7)8-6(10)3-2-4-11-8/h2-4H,5,10H2,1H3. The van der Waals surface area contributed by atoms with Crippen molar-refractivity contribution in [2.75, 3.05) is 12.8 Å². The maximum atomic E-state index is 5.71. The van der Waals surface area contributed by atoms with E-state index in [-0.39, 0.29) is 0 Å². The van der Waals surface area contributed by atoms with E-state index in [0.717, 1.165) is 0 Å². The quantitative estimate of drug-likeness (QED) is 0.801. The van der Waals surface area contributed by atoms with Crippen LogP contribution in [0.2, 0.25) is 0 Å². The molecular weight excluding hydrogens is 196 g/mol. The van der Waals surface area contributed by atoms with E-state index >= 15 is 0 Å². The van der Waals surface area contributed by atoms with E-state index in [1.54, 1.807) is 25.4 Å². The monoisotopic (exact) mass is 206 g/mol. The normalized spacial score (nSPS) is 10.5. The SMILES string of the molecule is COCc1noc(-c2ncccc2N)n1. The molecule has 15 heavy (non-hydrogen) atoms. The average Bonchev–Trinajstić information content (AvgIpc) is 2.68. The Labute approximate surface area is 86.1 Å². The number of rotatable bonds is 3. The van der Waals surface area contributed by atoms with Crippen molar-refractivity contribution in [2.24, 2.45) is 0 Å². The van der Waals surface area contributed by atoms with Gasteiger partial charge < -0.3 is 15.0 Å². The van der Waals surface area contributed by atoms with Crippen LogP contribution in [-0.2, 0) is 11.3 Å². The van der Waals surface area contributed by atoms with Crippen LogP contribution in [0.25, 0.3) is 11.6 Å². The second-order valence-corrected chi connectivity index (χ2v) is 2.89. The Kier molecular flexibility index (Phi) is 2.59. The highest BCUT2D eigenvalue weighted by atomic mass is 16.5. The summed E-state index contributed by atoms with van der Waals surface area (Å²) in [6.07, 6.45) is 1.62. The van der Waals surface area contributed by atoms with Gasteiger partial charge in [-0.3, -0.25) is 0 Å². The Bertz CT molecular complexity index is 455. The van der Waals surface area contributed by atoms with E-state index in [1.807, 2.05) is 0 Å². The highest BCUT2D eigenvalue weighted by Crippen LogP contribution is 2.20. The third-order valence-corrected chi connectivity index (χ3v) is 1.78. The maximum Gasteiger partial charge on any atom is 0.278 e. The van der Waals surface area contributed by atoms with Crippen LogP contribution in [-0.4, -0.2) is 22.2 Å². The maximum absolute atomic E-state index is 5.71. The van der Waals surface area contributed by atoms with Crippen molar-refractivity contribution >= 4 is 5.69 Å². The van der Waals surface area contributed by atoms with Gasteiger partial charge in [0.1, 0.15) is 6.61 Å². The molecule has 0 bridgehead atoms. The molecule has 2 heterocycles. The Hall–Kier alpha value is -1.95. The van der Waals surface area contributed by atoms with Gasteiger partial charge in [0.2, 0.25) is 0 Å². The summed E-state index contributed by atoms with van der Waals surface area (Å²) in [5.74, 6) is 0.776. The highest BCUT2D eigenvalue weighted by molar-refractivity contribution is 5.65. The van der Waals surface area contributed by atoms with E-state index in [0.29, 0.717) is 29.7 Å². The summed E-state index contributed by atoms with van der Waals surface area (Å²) < 4.78 is 9.87. The number of hydrogen-bond donors (Lipinski definition) is 1. The first kappa shape index (κ1) is 9.60. The first-order chi connectivity index (χ1) is 7.31. The lowest BCUT2D eigenvalue weighted by molar-refractivity contribution is 0.174. The van der Waals surface area contributed by atoms with Gasteiger partial charge in [-0.15, -0.1) is 0 Å². The molecule has 0 aromatic carbocycles. The number of nitrogen functional groups attached to an aromatic ring is 1. The van der Waals surface area contributed by atoms with Crippen molar-refractivity contribution in [3.05, 3.63) is 24.2 Å². The Morgan fingerprint density at radius 3 is 3.13 bits per heavy atom. The van der Waals surface area contributed by atoms with Gasteiger partial charge in [0.25, 0.3) is 5.89 Å². The van der Waals surface area contributed by atoms with E-state index < -0.39 is 0 Å². The minimum atomic E-state index is 0.302. The number of nitrogens with zero attached hydrogens (tertiary/aromatic N) is 3. The van der Waals surface area contributed by atoms with Crippen LogP contribution in [0.5, 0.6) is 0 Å². The minimum Gasteiger partial charge on any atom is -0.397 e. The molecular formula is C9H10N4O2. The zero-order valence-electron chi connectivity index (χ0n) is 8.17. The van der Waals surface area contributed by atoms with Gasteiger partial charge >= 0.3 is 0 Å². The second-order valence-electron chi connectivity index (χ2n) is 2.89. The van der Waals surface area contributed by atoms with E-state index in [9.17, 15) is 0 Å². The first-order valence-electron chi connectivity index (χ1n) is 4.33. The summed E-state index contributed by atoms with van der Waals surface area (Å²) in [6, 6.07) is 3.47. The summed E-state index contributed by atoms with van der Waals surface area (Å²) in [6.45, 7) is 0.302. The molecule has 6 nitrogen and oxygen atoms in total. The molecule has 2 N–H and O–H groups in total. The molecule has 0 atom stereocenters. The molecule has 0 spiro atoms. The largest absolute Gasteiger partial charge is 0.397 e. The lowest BCUT2D eigenvalue weighted by atomic mass is 10.3. The van der Waals surface area contributed by atoms with Gasteiger partial charge in [-0.2, -0.15) is 4.98 Å². The Balaban J connectivity index is 2.33. The molecule has 0 aliphatic heterocycles. The third-order valence-electron chi connectivity index (χ3n) is 1.78. The summed E-state index contributed by atoms with van der Waals surface area (Å²) in [4.78, 5) is 8.15. The molecule has 0 fully saturated rings. The molecule has 0 aliphatic rings. The first-order valence-corrected chi connectivity index (χ1v) is 4.33. The number of hydrogen-bond acceptors (Lipinski definition) is 6. The third kappa shape index (κ3) is 1.94. The van der Waals surface area contributed by atoms with Gasteiger partial charge in [0.05, 0.1) is 5.69 Å². The van der Waals surface area contributed by atoms with Gasteiger partial charge in [-0.1, -0.05) is 5.16 Å².